The van der Waals surface area contributed by atoms with Crippen molar-refractivity contribution in [2.75, 3.05) is 5.75 Å². The number of hydrogen-bond donors (Lipinski definition) is 1. The van der Waals surface area contributed by atoms with Gasteiger partial charge in [-0.3, -0.25) is 4.79 Å². The van der Waals surface area contributed by atoms with Gasteiger partial charge in [0.1, 0.15) is 0 Å². The molecule has 3 heteroatoms. The van der Waals surface area contributed by atoms with Crippen LogP contribution in [0.3, 0.4) is 0 Å². The topological polar surface area (TPSA) is 37.3 Å². The first-order valence-corrected chi connectivity index (χ1v) is 9.14. The minimum absolute atomic E-state index is 0.179. The summed E-state index contributed by atoms with van der Waals surface area (Å²) < 4.78 is 0. The largest absolute Gasteiger partial charge is 0.481 e. The van der Waals surface area contributed by atoms with E-state index in [1.807, 2.05) is 6.92 Å². The maximum Gasteiger partial charge on any atom is 0.304 e. The zero-order chi connectivity index (χ0) is 17.0. The van der Waals surface area contributed by atoms with Crippen molar-refractivity contribution >= 4 is 17.7 Å². The van der Waals surface area contributed by atoms with E-state index >= 15 is 0 Å². The van der Waals surface area contributed by atoms with E-state index in [9.17, 15) is 4.79 Å². The van der Waals surface area contributed by atoms with Crippen LogP contribution in [0.2, 0.25) is 0 Å². The van der Waals surface area contributed by atoms with Gasteiger partial charge in [0.25, 0.3) is 0 Å². The molecule has 2 nitrogen and oxygen atoms in total. The molecule has 1 atom stereocenters. The van der Waals surface area contributed by atoms with Crippen LogP contribution in [0, 0.1) is 0 Å². The summed E-state index contributed by atoms with van der Waals surface area (Å²) in [6.45, 7) is 10.6. The zero-order valence-electron chi connectivity index (χ0n) is 14.8. The fraction of sp³-hybridized carbons (Fsp3) is 0.632. The fourth-order valence-electron chi connectivity index (χ4n) is 2.00. The Balaban J connectivity index is 3.91. The predicted octanol–water partition coefficient (Wildman–Crippen LogP) is 6.00. The molecule has 0 radical (unpaired) electrons. The molecular formula is C19H32O2S. The number of aliphatic carboxylic acids is 1. The summed E-state index contributed by atoms with van der Waals surface area (Å²) in [5.74, 6) is 0.193. The molecule has 0 saturated heterocycles. The predicted molar refractivity (Wildman–Crippen MR) is 99.6 cm³/mol. The summed E-state index contributed by atoms with van der Waals surface area (Å²) in [4.78, 5) is 10.6. The monoisotopic (exact) mass is 324 g/mol. The van der Waals surface area contributed by atoms with E-state index in [1.165, 1.54) is 16.7 Å². The molecule has 1 N–H and O–H groups in total. The van der Waals surface area contributed by atoms with Gasteiger partial charge in [-0.05, 0) is 53.4 Å². The second-order valence-electron chi connectivity index (χ2n) is 6.20. The van der Waals surface area contributed by atoms with E-state index < -0.39 is 5.97 Å². The highest BCUT2D eigenvalue weighted by Crippen LogP contribution is 2.16. The van der Waals surface area contributed by atoms with Crippen LogP contribution in [0.1, 0.15) is 66.7 Å². The molecule has 22 heavy (non-hydrogen) atoms. The molecule has 126 valence electrons. The molecule has 0 rings (SSSR count). The molecule has 0 bridgehead atoms. The van der Waals surface area contributed by atoms with Crippen molar-refractivity contribution in [3.63, 3.8) is 0 Å². The Kier molecular flexibility index (Phi) is 12.0. The van der Waals surface area contributed by atoms with Crippen molar-refractivity contribution in [2.45, 2.75) is 72.0 Å². The Bertz CT molecular complexity index is 415. The second kappa shape index (κ2) is 12.6. The lowest BCUT2D eigenvalue weighted by atomic mass is 10.1. The van der Waals surface area contributed by atoms with Crippen LogP contribution < -0.4 is 0 Å². The summed E-state index contributed by atoms with van der Waals surface area (Å²) in [5, 5.41) is 8.89. The van der Waals surface area contributed by atoms with Gasteiger partial charge in [0.15, 0.2) is 0 Å². The third-order valence-corrected chi connectivity index (χ3v) is 4.49. The molecule has 0 aliphatic carbocycles. The third-order valence-electron chi connectivity index (χ3n) is 3.40. The third kappa shape index (κ3) is 14.0. The van der Waals surface area contributed by atoms with E-state index in [0.29, 0.717) is 0 Å². The molecule has 0 aliphatic heterocycles. The lowest BCUT2D eigenvalue weighted by molar-refractivity contribution is -0.136. The SMILES string of the molecule is CC(C)=CCCC(C)=CCCC(C)=CCSC(C)CC(=O)O. The molecule has 0 saturated carbocycles. The van der Waals surface area contributed by atoms with Gasteiger partial charge in [-0.25, -0.2) is 0 Å². The lowest BCUT2D eigenvalue weighted by Crippen LogP contribution is -2.05. The molecule has 0 aromatic heterocycles. The summed E-state index contributed by atoms with van der Waals surface area (Å²) in [5.41, 5.74) is 4.25. The molecule has 0 aliphatic rings. The van der Waals surface area contributed by atoms with Crippen molar-refractivity contribution in [1.29, 1.82) is 0 Å². The van der Waals surface area contributed by atoms with Crippen molar-refractivity contribution in [3.8, 4) is 0 Å². The number of allylic oxidation sites excluding steroid dienone is 5. The minimum atomic E-state index is -0.713. The lowest BCUT2D eigenvalue weighted by Gasteiger charge is -2.06. The molecule has 0 aromatic carbocycles. The van der Waals surface area contributed by atoms with Gasteiger partial charge < -0.3 is 5.11 Å². The summed E-state index contributed by atoms with van der Waals surface area (Å²) in [6, 6.07) is 0. The van der Waals surface area contributed by atoms with Gasteiger partial charge in [0.05, 0.1) is 6.42 Å². The molecule has 1 unspecified atom stereocenters. The van der Waals surface area contributed by atoms with Crippen LogP contribution in [0.25, 0.3) is 0 Å². The van der Waals surface area contributed by atoms with Crippen molar-refractivity contribution in [1.82, 2.24) is 0 Å². The van der Waals surface area contributed by atoms with Crippen LogP contribution in [0.4, 0.5) is 0 Å². The summed E-state index contributed by atoms with van der Waals surface area (Å²) in [7, 11) is 0. The van der Waals surface area contributed by atoms with Crippen LogP contribution in [0.15, 0.2) is 34.9 Å². The van der Waals surface area contributed by atoms with Gasteiger partial charge in [0.2, 0.25) is 0 Å². The Hall–Kier alpha value is -0.960. The minimum Gasteiger partial charge on any atom is -0.481 e. The van der Waals surface area contributed by atoms with Gasteiger partial charge in [-0.2, -0.15) is 11.8 Å². The first-order valence-electron chi connectivity index (χ1n) is 8.09. The molecular weight excluding hydrogens is 292 g/mol. The van der Waals surface area contributed by atoms with Crippen LogP contribution >= 0.6 is 11.8 Å². The molecule has 0 fully saturated rings. The van der Waals surface area contributed by atoms with Crippen LogP contribution in [-0.4, -0.2) is 22.1 Å². The van der Waals surface area contributed by atoms with Crippen molar-refractivity contribution < 1.29 is 9.90 Å². The van der Waals surface area contributed by atoms with Gasteiger partial charge in [-0.15, -0.1) is 0 Å². The number of carboxylic acids is 1. The van der Waals surface area contributed by atoms with Crippen molar-refractivity contribution in [2.24, 2.45) is 0 Å². The smallest absolute Gasteiger partial charge is 0.304 e. The standard InChI is InChI=1S/C19H32O2S/c1-15(2)8-6-9-16(3)10-7-11-17(4)12-13-22-18(5)14-19(20)21/h8,10,12,18H,6-7,9,11,13-14H2,1-5H3,(H,20,21). The van der Waals surface area contributed by atoms with E-state index in [2.05, 4.69) is 45.9 Å². The zero-order valence-corrected chi connectivity index (χ0v) is 15.6. The van der Waals surface area contributed by atoms with Crippen LogP contribution in [-0.2, 0) is 4.79 Å². The number of hydrogen-bond acceptors (Lipinski definition) is 2. The highest BCUT2D eigenvalue weighted by atomic mass is 32.2. The number of rotatable bonds is 11. The molecule has 0 spiro atoms. The van der Waals surface area contributed by atoms with Gasteiger partial charge >= 0.3 is 5.97 Å². The van der Waals surface area contributed by atoms with Gasteiger partial charge in [-0.1, -0.05) is 41.9 Å². The summed E-state index contributed by atoms with van der Waals surface area (Å²) in [6.07, 6.45) is 11.6. The Labute approximate surface area is 140 Å². The van der Waals surface area contributed by atoms with Crippen LogP contribution in [0.5, 0.6) is 0 Å². The van der Waals surface area contributed by atoms with Crippen molar-refractivity contribution in [3.05, 3.63) is 34.9 Å². The van der Waals surface area contributed by atoms with E-state index in [0.717, 1.165) is 31.4 Å². The maximum absolute atomic E-state index is 10.6. The molecule has 0 amide bonds. The Morgan fingerprint density at radius 2 is 1.55 bits per heavy atom. The summed E-state index contributed by atoms with van der Waals surface area (Å²) >= 11 is 1.71. The normalized spacial score (nSPS) is 13.9. The highest BCUT2D eigenvalue weighted by Gasteiger charge is 2.06. The van der Waals surface area contributed by atoms with E-state index in [-0.39, 0.29) is 11.7 Å². The quantitative estimate of drug-likeness (QED) is 0.473. The average molecular weight is 325 g/mol. The van der Waals surface area contributed by atoms with E-state index in [4.69, 9.17) is 5.11 Å². The number of thioether (sulfide) groups is 1. The first kappa shape index (κ1) is 21.0. The average Bonchev–Trinajstić information content (AvgIpc) is 2.37. The second-order valence-corrected chi connectivity index (χ2v) is 7.67. The number of carboxylic acid groups (broad SMARTS) is 1. The molecule has 0 aromatic rings. The maximum atomic E-state index is 10.6. The van der Waals surface area contributed by atoms with Gasteiger partial charge in [0, 0.05) is 11.0 Å². The highest BCUT2D eigenvalue weighted by molar-refractivity contribution is 8.00. The number of carbonyl (C=O) groups is 1. The Morgan fingerprint density at radius 1 is 1.00 bits per heavy atom. The fourth-order valence-corrected chi connectivity index (χ4v) is 2.97. The molecule has 0 heterocycles. The van der Waals surface area contributed by atoms with E-state index in [1.54, 1.807) is 11.8 Å². The Morgan fingerprint density at radius 3 is 2.09 bits per heavy atom. The first-order chi connectivity index (χ1) is 10.3.